The third-order valence-corrected chi connectivity index (χ3v) is 3.32. The van der Waals surface area contributed by atoms with Crippen LogP contribution in [0.15, 0.2) is 41.4 Å². The van der Waals surface area contributed by atoms with Crippen molar-refractivity contribution in [2.24, 2.45) is 16.5 Å². The predicted octanol–water partition coefficient (Wildman–Crippen LogP) is 1.10. The fourth-order valence-electron chi connectivity index (χ4n) is 2.38. The van der Waals surface area contributed by atoms with Gasteiger partial charge in [0.2, 0.25) is 0 Å². The van der Waals surface area contributed by atoms with E-state index >= 15 is 0 Å². The van der Waals surface area contributed by atoms with Crippen molar-refractivity contribution in [3.8, 4) is 0 Å². The van der Waals surface area contributed by atoms with Gasteiger partial charge in [-0.3, -0.25) is 9.59 Å². The summed E-state index contributed by atoms with van der Waals surface area (Å²) in [5.41, 5.74) is 12.3. The Morgan fingerprint density at radius 2 is 1.64 bits per heavy atom. The molecule has 0 fully saturated rings. The van der Waals surface area contributed by atoms with Gasteiger partial charge in [0.15, 0.2) is 11.8 Å². The molecule has 1 aromatic heterocycles. The first-order valence-corrected chi connectivity index (χ1v) is 6.54. The van der Waals surface area contributed by atoms with E-state index in [-0.39, 0.29) is 17.8 Å². The topological polar surface area (TPSA) is 115 Å². The van der Waals surface area contributed by atoms with Crippen LogP contribution in [0.5, 0.6) is 0 Å². The number of nitrogens with two attached hydrogens (primary N) is 2. The highest BCUT2D eigenvalue weighted by atomic mass is 16.2. The maximum absolute atomic E-state index is 12.4. The first kappa shape index (κ1) is 13.7. The van der Waals surface area contributed by atoms with Crippen molar-refractivity contribution < 1.29 is 9.59 Å². The van der Waals surface area contributed by atoms with Crippen LogP contribution in [-0.2, 0) is 0 Å². The van der Waals surface area contributed by atoms with E-state index < -0.39 is 0 Å². The fourth-order valence-corrected chi connectivity index (χ4v) is 2.38. The summed E-state index contributed by atoms with van der Waals surface area (Å²) in [4.78, 5) is 34.0. The SMILES string of the molecule is Cc1nc(N=C(N)N)ccc1N1C(=O)c2ccccc2C1=O. The molecule has 3 rings (SSSR count). The summed E-state index contributed by atoms with van der Waals surface area (Å²) in [6, 6.07) is 9.86. The maximum atomic E-state index is 12.4. The average molecular weight is 295 g/mol. The minimum atomic E-state index is -0.361. The molecule has 4 N–H and O–H groups in total. The Kier molecular flexibility index (Phi) is 3.10. The lowest BCUT2D eigenvalue weighted by atomic mass is 10.1. The molecule has 7 heteroatoms. The lowest BCUT2D eigenvalue weighted by Crippen LogP contribution is -2.30. The molecule has 0 aliphatic carbocycles. The number of pyridine rings is 1. The summed E-state index contributed by atoms with van der Waals surface area (Å²) in [5, 5.41) is 0. The van der Waals surface area contributed by atoms with Crippen molar-refractivity contribution in [1.29, 1.82) is 0 Å². The van der Waals surface area contributed by atoms with Gasteiger partial charge in [0.25, 0.3) is 11.8 Å². The van der Waals surface area contributed by atoms with E-state index in [1.165, 1.54) is 0 Å². The van der Waals surface area contributed by atoms with Crippen molar-refractivity contribution in [2.75, 3.05) is 4.90 Å². The van der Waals surface area contributed by atoms with Gasteiger partial charge in [0, 0.05) is 0 Å². The largest absolute Gasteiger partial charge is 0.370 e. The molecule has 2 aromatic rings. The minimum Gasteiger partial charge on any atom is -0.370 e. The summed E-state index contributed by atoms with van der Waals surface area (Å²) in [6.45, 7) is 1.69. The van der Waals surface area contributed by atoms with Crippen LogP contribution in [0.1, 0.15) is 26.4 Å². The number of hydrogen-bond acceptors (Lipinski definition) is 4. The minimum absolute atomic E-state index is 0.111. The molecule has 0 bridgehead atoms. The molecule has 22 heavy (non-hydrogen) atoms. The van der Waals surface area contributed by atoms with Gasteiger partial charge in [-0.05, 0) is 31.2 Å². The monoisotopic (exact) mass is 295 g/mol. The molecular formula is C15H13N5O2. The van der Waals surface area contributed by atoms with Gasteiger partial charge >= 0.3 is 0 Å². The average Bonchev–Trinajstić information content (AvgIpc) is 2.72. The van der Waals surface area contributed by atoms with Crippen LogP contribution in [0.4, 0.5) is 11.5 Å². The van der Waals surface area contributed by atoms with Gasteiger partial charge in [0.1, 0.15) is 0 Å². The van der Waals surface area contributed by atoms with Crippen LogP contribution in [-0.4, -0.2) is 22.8 Å². The van der Waals surface area contributed by atoms with Crippen LogP contribution < -0.4 is 16.4 Å². The second kappa shape index (κ2) is 4.96. The lowest BCUT2D eigenvalue weighted by molar-refractivity contribution is 0.0926. The number of anilines is 1. The van der Waals surface area contributed by atoms with Crippen LogP contribution in [0.3, 0.4) is 0 Å². The van der Waals surface area contributed by atoms with Gasteiger partial charge in [-0.15, -0.1) is 0 Å². The van der Waals surface area contributed by atoms with Crippen LogP contribution in [0, 0.1) is 6.92 Å². The van der Waals surface area contributed by atoms with E-state index in [2.05, 4.69) is 9.98 Å². The number of imide groups is 1. The Labute approximate surface area is 126 Å². The Morgan fingerprint density at radius 1 is 1.05 bits per heavy atom. The maximum Gasteiger partial charge on any atom is 0.266 e. The predicted molar refractivity (Wildman–Crippen MR) is 82.0 cm³/mol. The zero-order valence-electron chi connectivity index (χ0n) is 11.8. The number of carbonyl (C=O) groups is 2. The third-order valence-electron chi connectivity index (χ3n) is 3.32. The molecule has 7 nitrogen and oxygen atoms in total. The molecule has 1 aliphatic heterocycles. The first-order valence-electron chi connectivity index (χ1n) is 6.54. The third kappa shape index (κ3) is 2.08. The number of nitrogens with zero attached hydrogens (tertiary/aromatic N) is 3. The van der Waals surface area contributed by atoms with Crippen LogP contribution in [0.2, 0.25) is 0 Å². The summed E-state index contributed by atoms with van der Waals surface area (Å²) < 4.78 is 0. The number of amides is 2. The van der Waals surface area contributed by atoms with Gasteiger partial charge in [-0.1, -0.05) is 12.1 Å². The number of aromatic nitrogens is 1. The molecule has 1 aromatic carbocycles. The molecular weight excluding hydrogens is 282 g/mol. The Balaban J connectivity index is 2.05. The molecule has 2 heterocycles. The van der Waals surface area contributed by atoms with E-state index in [9.17, 15) is 9.59 Å². The number of aliphatic imine (C=N–C) groups is 1. The molecule has 0 saturated heterocycles. The van der Waals surface area contributed by atoms with Gasteiger partial charge in [0.05, 0.1) is 22.5 Å². The Morgan fingerprint density at radius 3 is 2.14 bits per heavy atom. The molecule has 0 saturated carbocycles. The van der Waals surface area contributed by atoms with Gasteiger partial charge in [-0.2, -0.15) is 4.99 Å². The summed E-state index contributed by atoms with van der Waals surface area (Å²) in [6.07, 6.45) is 0. The van der Waals surface area contributed by atoms with Crippen molar-refractivity contribution >= 4 is 29.3 Å². The van der Waals surface area contributed by atoms with Crippen molar-refractivity contribution in [3.05, 3.63) is 53.2 Å². The van der Waals surface area contributed by atoms with E-state index in [1.54, 1.807) is 43.3 Å². The lowest BCUT2D eigenvalue weighted by Gasteiger charge is -2.16. The molecule has 110 valence electrons. The molecule has 0 radical (unpaired) electrons. The second-order valence-electron chi connectivity index (χ2n) is 4.80. The van der Waals surface area contributed by atoms with E-state index in [0.717, 1.165) is 4.90 Å². The van der Waals surface area contributed by atoms with E-state index in [4.69, 9.17) is 11.5 Å². The quantitative estimate of drug-likeness (QED) is 0.489. The standard InChI is InChI=1S/C15H13N5O2/c1-8-11(6-7-12(18-8)19-15(16)17)20-13(21)9-4-2-3-5-10(9)14(20)22/h2-7H,1H3,(H4,16,17,18,19). The number of benzene rings is 1. The summed E-state index contributed by atoms with van der Waals surface area (Å²) in [5.74, 6) is -0.515. The molecule has 1 aliphatic rings. The van der Waals surface area contributed by atoms with Crippen molar-refractivity contribution in [3.63, 3.8) is 0 Å². The number of carbonyl (C=O) groups excluding carboxylic acids is 2. The molecule has 0 unspecified atom stereocenters. The van der Waals surface area contributed by atoms with Crippen molar-refractivity contribution in [2.45, 2.75) is 6.92 Å². The smallest absolute Gasteiger partial charge is 0.266 e. The number of rotatable bonds is 2. The Hall–Kier alpha value is -3.22. The van der Waals surface area contributed by atoms with E-state index in [1.807, 2.05) is 0 Å². The number of fused-ring (bicyclic) bond motifs is 1. The van der Waals surface area contributed by atoms with Crippen LogP contribution >= 0.6 is 0 Å². The number of guanidine groups is 1. The Bertz CT molecular complexity index is 789. The van der Waals surface area contributed by atoms with E-state index in [0.29, 0.717) is 28.3 Å². The van der Waals surface area contributed by atoms with Gasteiger partial charge in [-0.25, -0.2) is 9.88 Å². The van der Waals surface area contributed by atoms with Crippen molar-refractivity contribution in [1.82, 2.24) is 4.98 Å². The first-order chi connectivity index (χ1) is 10.5. The summed E-state index contributed by atoms with van der Waals surface area (Å²) >= 11 is 0. The number of aryl methyl sites for hydroxylation is 1. The molecule has 0 atom stereocenters. The van der Waals surface area contributed by atoms with Crippen LogP contribution in [0.25, 0.3) is 0 Å². The molecule has 0 spiro atoms. The highest BCUT2D eigenvalue weighted by molar-refractivity contribution is 6.34. The highest BCUT2D eigenvalue weighted by Gasteiger charge is 2.37. The number of hydrogen-bond donors (Lipinski definition) is 2. The fraction of sp³-hybridized carbons (Fsp3) is 0.0667. The van der Waals surface area contributed by atoms with Gasteiger partial charge < -0.3 is 11.5 Å². The molecule has 2 amide bonds. The second-order valence-corrected chi connectivity index (χ2v) is 4.80. The zero-order valence-corrected chi connectivity index (χ0v) is 11.8. The zero-order chi connectivity index (χ0) is 15.9. The normalized spacial score (nSPS) is 13.2. The highest BCUT2D eigenvalue weighted by Crippen LogP contribution is 2.30. The summed E-state index contributed by atoms with van der Waals surface area (Å²) in [7, 11) is 0.